The topological polar surface area (TPSA) is 70.4 Å². The Kier molecular flexibility index (Phi) is 13.2. The van der Waals surface area contributed by atoms with Crippen LogP contribution in [-0.2, 0) is 13.0 Å². The van der Waals surface area contributed by atoms with Gasteiger partial charge in [-0.1, -0.05) is 32.5 Å². The molecule has 2 N–H and O–H groups in total. The first kappa shape index (κ1) is 26.5. The van der Waals surface area contributed by atoms with Crippen molar-refractivity contribution < 1.29 is 0 Å². The maximum absolute atomic E-state index is 4.83. The van der Waals surface area contributed by atoms with Gasteiger partial charge in [0.15, 0.2) is 11.1 Å². The smallest absolute Gasteiger partial charge is 0.191 e. The molecule has 7 nitrogen and oxygen atoms in total. The molecule has 0 bridgehead atoms. The summed E-state index contributed by atoms with van der Waals surface area (Å²) in [6.07, 6.45) is 6.57. The zero-order chi connectivity index (χ0) is 20.4. The van der Waals surface area contributed by atoms with Crippen LogP contribution in [0.2, 0.25) is 0 Å². The van der Waals surface area contributed by atoms with E-state index in [-0.39, 0.29) is 24.0 Å². The standard InChI is InChI=1S/C20H39N7S.HI/c1-6-21-19(23-14-17-10-9-13-26(17)7-2)22-12-8-11-18-24-25-20(28-5)27(18)15-16(3)4;/h16-17H,6-15H2,1-5H3,(H2,21,22,23);1H. The number of nitrogens with zero attached hydrogens (tertiary/aromatic N) is 5. The van der Waals surface area contributed by atoms with Crippen LogP contribution in [0.25, 0.3) is 0 Å². The number of likely N-dealkylation sites (tertiary alicyclic amines) is 1. The van der Waals surface area contributed by atoms with Gasteiger partial charge in [-0.3, -0.25) is 9.89 Å². The first-order valence-electron chi connectivity index (χ1n) is 10.8. The summed E-state index contributed by atoms with van der Waals surface area (Å²) in [4.78, 5) is 7.37. The highest BCUT2D eigenvalue weighted by Crippen LogP contribution is 2.17. The minimum absolute atomic E-state index is 0. The lowest BCUT2D eigenvalue weighted by Gasteiger charge is -2.21. The highest BCUT2D eigenvalue weighted by molar-refractivity contribution is 14.0. The van der Waals surface area contributed by atoms with Crippen molar-refractivity contribution in [2.45, 2.75) is 71.1 Å². The zero-order valence-corrected chi connectivity index (χ0v) is 21.9. The molecule has 2 heterocycles. The fourth-order valence-corrected chi connectivity index (χ4v) is 4.24. The number of nitrogens with one attached hydrogen (secondary N) is 2. The lowest BCUT2D eigenvalue weighted by molar-refractivity contribution is 0.273. The SMILES string of the molecule is CCNC(=NCC1CCCN1CC)NCCCc1nnc(SC)n1CC(C)C.I. The van der Waals surface area contributed by atoms with Crippen LogP contribution in [0.4, 0.5) is 0 Å². The number of halogens is 1. The number of rotatable bonds is 11. The van der Waals surface area contributed by atoms with Crippen LogP contribution in [0.15, 0.2) is 10.1 Å². The Morgan fingerprint density at radius 2 is 2.07 bits per heavy atom. The summed E-state index contributed by atoms with van der Waals surface area (Å²) in [7, 11) is 0. The van der Waals surface area contributed by atoms with Crippen molar-refractivity contribution in [2.75, 3.05) is 39.0 Å². The second kappa shape index (κ2) is 14.5. The zero-order valence-electron chi connectivity index (χ0n) is 18.8. The second-order valence-corrected chi connectivity index (χ2v) is 8.56. The Morgan fingerprint density at radius 1 is 1.28 bits per heavy atom. The van der Waals surface area contributed by atoms with Crippen LogP contribution in [0.3, 0.4) is 0 Å². The molecule has 1 fully saturated rings. The molecular weight excluding hydrogens is 497 g/mol. The van der Waals surface area contributed by atoms with Crippen LogP contribution >= 0.6 is 35.7 Å². The molecule has 0 amide bonds. The third kappa shape index (κ3) is 8.61. The molecule has 9 heteroatoms. The number of aliphatic imine (C=N–C) groups is 1. The lowest BCUT2D eigenvalue weighted by Crippen LogP contribution is -2.39. The van der Waals surface area contributed by atoms with Crippen molar-refractivity contribution in [3.8, 4) is 0 Å². The van der Waals surface area contributed by atoms with Gasteiger partial charge in [-0.05, 0) is 51.4 Å². The Morgan fingerprint density at radius 3 is 2.72 bits per heavy atom. The molecular formula is C20H40IN7S. The van der Waals surface area contributed by atoms with Crippen LogP contribution in [0.1, 0.15) is 52.8 Å². The van der Waals surface area contributed by atoms with Gasteiger partial charge in [0.25, 0.3) is 0 Å². The van der Waals surface area contributed by atoms with Gasteiger partial charge < -0.3 is 15.2 Å². The van der Waals surface area contributed by atoms with E-state index in [1.807, 2.05) is 0 Å². The molecule has 168 valence electrons. The third-order valence-electron chi connectivity index (χ3n) is 5.10. The van der Waals surface area contributed by atoms with Crippen molar-refractivity contribution in [1.29, 1.82) is 0 Å². The van der Waals surface area contributed by atoms with Gasteiger partial charge in [0, 0.05) is 32.1 Å². The Bertz CT molecular complexity index is 606. The molecule has 1 unspecified atom stereocenters. The number of hydrogen-bond donors (Lipinski definition) is 2. The summed E-state index contributed by atoms with van der Waals surface area (Å²) in [5.41, 5.74) is 0. The number of likely N-dealkylation sites (N-methyl/N-ethyl adjacent to an activating group) is 1. The molecule has 0 saturated carbocycles. The van der Waals surface area contributed by atoms with Crippen molar-refractivity contribution >= 4 is 41.7 Å². The van der Waals surface area contributed by atoms with E-state index < -0.39 is 0 Å². The fraction of sp³-hybridized carbons (Fsp3) is 0.850. The molecule has 1 aromatic heterocycles. The average molecular weight is 538 g/mol. The van der Waals surface area contributed by atoms with Gasteiger partial charge in [-0.25, -0.2) is 0 Å². The molecule has 1 aliphatic rings. The molecule has 2 rings (SSSR count). The molecule has 29 heavy (non-hydrogen) atoms. The van der Waals surface area contributed by atoms with E-state index >= 15 is 0 Å². The highest BCUT2D eigenvalue weighted by atomic mass is 127. The number of thioether (sulfide) groups is 1. The first-order chi connectivity index (χ1) is 13.6. The summed E-state index contributed by atoms with van der Waals surface area (Å²) >= 11 is 1.67. The molecule has 0 aliphatic carbocycles. The van der Waals surface area contributed by atoms with Gasteiger partial charge in [0.2, 0.25) is 0 Å². The summed E-state index contributed by atoms with van der Waals surface area (Å²) in [5, 5.41) is 16.6. The van der Waals surface area contributed by atoms with Crippen molar-refractivity contribution in [1.82, 2.24) is 30.3 Å². The van der Waals surface area contributed by atoms with Crippen molar-refractivity contribution in [3.05, 3.63) is 5.82 Å². The molecule has 1 aliphatic heterocycles. The van der Waals surface area contributed by atoms with E-state index in [9.17, 15) is 0 Å². The van der Waals surface area contributed by atoms with Crippen molar-refractivity contribution in [3.63, 3.8) is 0 Å². The van der Waals surface area contributed by atoms with Crippen molar-refractivity contribution in [2.24, 2.45) is 10.9 Å². The van der Waals surface area contributed by atoms with Gasteiger partial charge in [-0.15, -0.1) is 34.2 Å². The van der Waals surface area contributed by atoms with Gasteiger partial charge in [0.1, 0.15) is 5.82 Å². The Balaban J connectivity index is 0.00000420. The summed E-state index contributed by atoms with van der Waals surface area (Å²) in [6, 6.07) is 0.597. The minimum Gasteiger partial charge on any atom is -0.357 e. The predicted molar refractivity (Wildman–Crippen MR) is 135 cm³/mol. The van der Waals surface area contributed by atoms with Gasteiger partial charge >= 0.3 is 0 Å². The number of aromatic nitrogens is 3. The quantitative estimate of drug-likeness (QED) is 0.149. The Labute approximate surface area is 198 Å². The fourth-order valence-electron chi connectivity index (χ4n) is 3.71. The number of guanidine groups is 1. The maximum atomic E-state index is 4.83. The van der Waals surface area contributed by atoms with Crippen LogP contribution in [0, 0.1) is 5.92 Å². The summed E-state index contributed by atoms with van der Waals surface area (Å²) in [6.45, 7) is 14.8. The average Bonchev–Trinajstić information content (AvgIpc) is 3.29. The van der Waals surface area contributed by atoms with E-state index in [1.54, 1.807) is 11.8 Å². The third-order valence-corrected chi connectivity index (χ3v) is 5.77. The minimum atomic E-state index is 0. The van der Waals surface area contributed by atoms with Crippen LogP contribution in [-0.4, -0.2) is 70.6 Å². The number of hydrogen-bond acceptors (Lipinski definition) is 5. The molecule has 0 spiro atoms. The Hall–Kier alpha value is -0.550. The predicted octanol–water partition coefficient (Wildman–Crippen LogP) is 3.25. The molecule has 1 saturated heterocycles. The summed E-state index contributed by atoms with van der Waals surface area (Å²) in [5.74, 6) is 2.61. The summed E-state index contributed by atoms with van der Waals surface area (Å²) < 4.78 is 2.27. The van der Waals surface area contributed by atoms with Gasteiger partial charge in [-0.2, -0.15) is 0 Å². The van der Waals surface area contributed by atoms with Gasteiger partial charge in [0.05, 0.1) is 6.54 Å². The van der Waals surface area contributed by atoms with E-state index in [1.165, 1.54) is 19.4 Å². The molecule has 1 atom stereocenters. The first-order valence-corrected chi connectivity index (χ1v) is 12.0. The monoisotopic (exact) mass is 537 g/mol. The second-order valence-electron chi connectivity index (χ2n) is 7.78. The van der Waals surface area contributed by atoms with Crippen LogP contribution in [0.5, 0.6) is 0 Å². The van der Waals surface area contributed by atoms with E-state index in [0.29, 0.717) is 12.0 Å². The maximum Gasteiger partial charge on any atom is 0.191 e. The highest BCUT2D eigenvalue weighted by Gasteiger charge is 2.22. The molecule has 0 radical (unpaired) electrons. The molecule has 0 aromatic carbocycles. The lowest BCUT2D eigenvalue weighted by atomic mass is 10.2. The van der Waals surface area contributed by atoms with E-state index in [4.69, 9.17) is 4.99 Å². The van der Waals surface area contributed by atoms with E-state index in [0.717, 1.165) is 62.5 Å². The largest absolute Gasteiger partial charge is 0.357 e. The van der Waals surface area contributed by atoms with Crippen LogP contribution < -0.4 is 10.6 Å². The number of aryl methyl sites for hydroxylation is 1. The normalized spacial score (nSPS) is 17.6. The van der Waals surface area contributed by atoms with E-state index in [2.05, 4.69) is 64.2 Å². The molecule has 1 aromatic rings.